The fourth-order valence-corrected chi connectivity index (χ4v) is 4.06. The summed E-state index contributed by atoms with van der Waals surface area (Å²) in [6, 6.07) is 15.8. The summed E-state index contributed by atoms with van der Waals surface area (Å²) in [7, 11) is 0. The van der Waals surface area contributed by atoms with E-state index < -0.39 is 0 Å². The van der Waals surface area contributed by atoms with Crippen LogP contribution in [0.2, 0.25) is 0 Å². The van der Waals surface area contributed by atoms with Crippen molar-refractivity contribution in [1.82, 2.24) is 5.32 Å². The molecule has 1 aliphatic carbocycles. The monoisotopic (exact) mass is 432 g/mol. The molecule has 168 valence electrons. The number of hydrogen-bond acceptors (Lipinski definition) is 4. The Bertz CT molecular complexity index is 1010. The predicted octanol–water partition coefficient (Wildman–Crippen LogP) is 5.57. The van der Waals surface area contributed by atoms with Gasteiger partial charge in [0.1, 0.15) is 18.2 Å². The van der Waals surface area contributed by atoms with Crippen molar-refractivity contribution in [2.24, 2.45) is 5.92 Å². The molecule has 5 nitrogen and oxygen atoms in total. The number of carbonyl (C=O) groups is 1. The molecule has 1 fully saturated rings. The van der Waals surface area contributed by atoms with Crippen molar-refractivity contribution in [3.63, 3.8) is 0 Å². The van der Waals surface area contributed by atoms with E-state index in [-0.39, 0.29) is 17.5 Å². The number of benzene rings is 2. The van der Waals surface area contributed by atoms with Gasteiger partial charge < -0.3 is 14.8 Å². The van der Waals surface area contributed by atoms with E-state index in [0.29, 0.717) is 30.6 Å². The second kappa shape index (κ2) is 11.4. The topological polar surface area (TPSA) is 71.3 Å². The molecule has 3 rings (SSSR count). The second-order valence-electron chi connectivity index (χ2n) is 8.43. The summed E-state index contributed by atoms with van der Waals surface area (Å²) < 4.78 is 11.8. The van der Waals surface area contributed by atoms with Crippen LogP contribution < -0.4 is 14.8 Å². The van der Waals surface area contributed by atoms with Gasteiger partial charge in [0.05, 0.1) is 6.61 Å². The zero-order valence-corrected chi connectivity index (χ0v) is 19.2. The Labute approximate surface area is 191 Å². The molecule has 1 aliphatic rings. The Morgan fingerprint density at radius 3 is 2.69 bits per heavy atom. The summed E-state index contributed by atoms with van der Waals surface area (Å²) in [6.07, 6.45) is 6.00. The van der Waals surface area contributed by atoms with Crippen LogP contribution in [0.15, 0.2) is 48.0 Å². The van der Waals surface area contributed by atoms with Crippen molar-refractivity contribution >= 4 is 12.0 Å². The van der Waals surface area contributed by atoms with Gasteiger partial charge in [-0.05, 0) is 61.9 Å². The predicted molar refractivity (Wildman–Crippen MR) is 126 cm³/mol. The normalized spacial score (nSPS) is 18.5. The molecule has 0 aliphatic heterocycles. The minimum absolute atomic E-state index is 0.0960. The average molecular weight is 433 g/mol. The molecule has 2 aromatic rings. The summed E-state index contributed by atoms with van der Waals surface area (Å²) in [6.45, 7) is 7.03. The number of amides is 1. The highest BCUT2D eigenvalue weighted by Crippen LogP contribution is 2.30. The number of nitrogens with zero attached hydrogens (tertiary/aromatic N) is 1. The Hall–Kier alpha value is -3.26. The third kappa shape index (κ3) is 6.37. The smallest absolute Gasteiger partial charge is 0.262 e. The fraction of sp³-hybridized carbons (Fsp3) is 0.407. The molecule has 0 radical (unpaired) electrons. The summed E-state index contributed by atoms with van der Waals surface area (Å²) in [5.74, 6) is 1.34. The van der Waals surface area contributed by atoms with Gasteiger partial charge in [0.25, 0.3) is 5.91 Å². The van der Waals surface area contributed by atoms with Crippen LogP contribution in [0, 0.1) is 24.2 Å². The van der Waals surface area contributed by atoms with Gasteiger partial charge in [-0.2, -0.15) is 5.26 Å². The third-order valence-electron chi connectivity index (χ3n) is 5.85. The lowest BCUT2D eigenvalue weighted by Gasteiger charge is -2.29. The minimum atomic E-state index is -0.316. The molecule has 1 N–H and O–H groups in total. The maximum Gasteiger partial charge on any atom is 0.262 e. The molecule has 2 aromatic carbocycles. The van der Waals surface area contributed by atoms with Gasteiger partial charge in [-0.3, -0.25) is 4.79 Å². The number of nitrogens with one attached hydrogen (secondary N) is 1. The first kappa shape index (κ1) is 23.4. The standard InChI is InChI=1S/C27H32N2O3/c1-4-31-26-16-21(12-13-25(26)32-18-22-10-7-8-19(2)14-22)15-23(17-28)27(30)29-24-11-6-5-9-20(24)3/h7-8,10,12-16,20,24H,4-6,9,11,18H2,1-3H3,(H,29,30)/b23-15+/t20-,24-/m1/s1. The van der Waals surface area contributed by atoms with Gasteiger partial charge >= 0.3 is 0 Å². The van der Waals surface area contributed by atoms with E-state index in [1.54, 1.807) is 6.08 Å². The van der Waals surface area contributed by atoms with Crippen LogP contribution in [0.3, 0.4) is 0 Å². The van der Waals surface area contributed by atoms with Crippen LogP contribution in [-0.4, -0.2) is 18.6 Å². The highest BCUT2D eigenvalue weighted by Gasteiger charge is 2.24. The van der Waals surface area contributed by atoms with Gasteiger partial charge in [-0.1, -0.05) is 55.7 Å². The molecule has 5 heteroatoms. The van der Waals surface area contributed by atoms with E-state index in [4.69, 9.17) is 9.47 Å². The highest BCUT2D eigenvalue weighted by molar-refractivity contribution is 6.01. The number of ether oxygens (including phenoxy) is 2. The van der Waals surface area contributed by atoms with Crippen LogP contribution in [0.1, 0.15) is 56.2 Å². The lowest BCUT2D eigenvalue weighted by Crippen LogP contribution is -2.41. The van der Waals surface area contributed by atoms with Gasteiger partial charge in [-0.15, -0.1) is 0 Å². The zero-order valence-electron chi connectivity index (χ0n) is 19.2. The number of carbonyl (C=O) groups excluding carboxylic acids is 1. The Morgan fingerprint density at radius 1 is 1.16 bits per heavy atom. The van der Waals surface area contributed by atoms with Crippen LogP contribution in [0.5, 0.6) is 11.5 Å². The molecule has 0 spiro atoms. The van der Waals surface area contributed by atoms with Crippen LogP contribution in [-0.2, 0) is 11.4 Å². The maximum atomic E-state index is 12.7. The first-order valence-corrected chi connectivity index (χ1v) is 11.4. The molecule has 1 saturated carbocycles. The van der Waals surface area contributed by atoms with E-state index in [0.717, 1.165) is 30.4 Å². The SMILES string of the molecule is CCOc1cc(/C=C(\C#N)C(=O)N[C@@H]2CCCC[C@H]2C)ccc1OCc1cccc(C)c1. The van der Waals surface area contributed by atoms with E-state index in [9.17, 15) is 10.1 Å². The maximum absolute atomic E-state index is 12.7. The number of aryl methyl sites for hydroxylation is 1. The third-order valence-corrected chi connectivity index (χ3v) is 5.85. The molecule has 0 unspecified atom stereocenters. The van der Waals surface area contributed by atoms with E-state index in [1.165, 1.54) is 12.0 Å². The largest absolute Gasteiger partial charge is 0.490 e. The van der Waals surface area contributed by atoms with Gasteiger partial charge in [0, 0.05) is 6.04 Å². The summed E-state index contributed by atoms with van der Waals surface area (Å²) in [5.41, 5.74) is 3.08. The molecule has 0 heterocycles. The number of rotatable bonds is 8. The van der Waals surface area contributed by atoms with Crippen molar-refractivity contribution in [3.05, 3.63) is 64.7 Å². The van der Waals surface area contributed by atoms with E-state index in [2.05, 4.69) is 18.3 Å². The summed E-state index contributed by atoms with van der Waals surface area (Å²) in [4.78, 5) is 12.7. The number of hydrogen-bond donors (Lipinski definition) is 1. The van der Waals surface area contributed by atoms with Crippen molar-refractivity contribution < 1.29 is 14.3 Å². The molecule has 0 bridgehead atoms. The number of nitriles is 1. The Kier molecular flexibility index (Phi) is 8.33. The lowest BCUT2D eigenvalue weighted by atomic mass is 9.86. The average Bonchev–Trinajstić information content (AvgIpc) is 2.78. The molecular weight excluding hydrogens is 400 g/mol. The summed E-state index contributed by atoms with van der Waals surface area (Å²) in [5, 5.41) is 12.6. The molecule has 1 amide bonds. The van der Waals surface area contributed by atoms with Crippen LogP contribution in [0.4, 0.5) is 0 Å². The fourth-order valence-electron chi connectivity index (χ4n) is 4.06. The quantitative estimate of drug-likeness (QED) is 0.437. The van der Waals surface area contributed by atoms with Gasteiger partial charge in [0.2, 0.25) is 0 Å². The van der Waals surface area contributed by atoms with Gasteiger partial charge in [-0.25, -0.2) is 0 Å². The lowest BCUT2D eigenvalue weighted by molar-refractivity contribution is -0.118. The first-order valence-electron chi connectivity index (χ1n) is 11.4. The molecule has 2 atom stereocenters. The van der Waals surface area contributed by atoms with Crippen molar-refractivity contribution in [2.75, 3.05) is 6.61 Å². The molecule has 32 heavy (non-hydrogen) atoms. The molecule has 0 saturated heterocycles. The van der Waals surface area contributed by atoms with Crippen LogP contribution >= 0.6 is 0 Å². The van der Waals surface area contributed by atoms with Crippen molar-refractivity contribution in [2.45, 2.75) is 59.1 Å². The zero-order chi connectivity index (χ0) is 22.9. The Balaban J connectivity index is 1.74. The van der Waals surface area contributed by atoms with Gasteiger partial charge in [0.15, 0.2) is 11.5 Å². The van der Waals surface area contributed by atoms with E-state index in [1.807, 2.05) is 56.3 Å². The van der Waals surface area contributed by atoms with Crippen LogP contribution in [0.25, 0.3) is 6.08 Å². The molecule has 0 aromatic heterocycles. The first-order chi connectivity index (χ1) is 15.5. The Morgan fingerprint density at radius 2 is 1.97 bits per heavy atom. The molecular formula is C27H32N2O3. The highest BCUT2D eigenvalue weighted by atomic mass is 16.5. The minimum Gasteiger partial charge on any atom is -0.490 e. The van der Waals surface area contributed by atoms with Crippen molar-refractivity contribution in [1.29, 1.82) is 5.26 Å². The second-order valence-corrected chi connectivity index (χ2v) is 8.43. The van der Waals surface area contributed by atoms with Crippen molar-refractivity contribution in [3.8, 4) is 17.6 Å². The summed E-state index contributed by atoms with van der Waals surface area (Å²) >= 11 is 0. The van der Waals surface area contributed by atoms with E-state index >= 15 is 0 Å².